The van der Waals surface area contributed by atoms with Crippen molar-refractivity contribution < 1.29 is 0 Å². The fourth-order valence-electron chi connectivity index (χ4n) is 3.09. The first kappa shape index (κ1) is 15.7. The van der Waals surface area contributed by atoms with Gasteiger partial charge in [-0.1, -0.05) is 24.3 Å². The highest BCUT2D eigenvalue weighted by molar-refractivity contribution is 7.71. The number of H-pyrrole nitrogens is 1. The molecule has 1 aliphatic heterocycles. The molecule has 5 nitrogen and oxygen atoms in total. The van der Waals surface area contributed by atoms with Crippen molar-refractivity contribution in [3.8, 4) is 5.69 Å². The smallest absolute Gasteiger partial charge is 0.199 e. The molecule has 0 aliphatic carbocycles. The minimum Gasteiger partial charge on any atom is -0.391 e. The molecule has 2 aromatic carbocycles. The van der Waals surface area contributed by atoms with E-state index in [1.807, 2.05) is 22.9 Å². The summed E-state index contributed by atoms with van der Waals surface area (Å²) in [6.07, 6.45) is 7.07. The Labute approximate surface area is 151 Å². The van der Waals surface area contributed by atoms with E-state index in [-0.39, 0.29) is 0 Å². The molecule has 1 aliphatic rings. The Kier molecular flexibility index (Phi) is 4.35. The van der Waals surface area contributed by atoms with Crippen molar-refractivity contribution in [3.05, 3.63) is 77.5 Å². The zero-order chi connectivity index (χ0) is 17.1. The predicted molar refractivity (Wildman–Crippen MR) is 103 cm³/mol. The lowest BCUT2D eigenvalue weighted by Crippen LogP contribution is -2.16. The number of allylic oxidation sites excluding steroid dienone is 1. The second kappa shape index (κ2) is 6.94. The van der Waals surface area contributed by atoms with Gasteiger partial charge in [0.15, 0.2) is 4.77 Å². The number of para-hydroxylation sites is 1. The normalized spacial score (nSPS) is 16.4. The van der Waals surface area contributed by atoms with Crippen LogP contribution in [0.15, 0.2) is 67.1 Å². The molecule has 1 atom stereocenters. The Morgan fingerprint density at radius 1 is 1.12 bits per heavy atom. The summed E-state index contributed by atoms with van der Waals surface area (Å²) in [5.41, 5.74) is 4.50. The van der Waals surface area contributed by atoms with Gasteiger partial charge in [-0.15, -0.1) is 0 Å². The Hall–Kier alpha value is -2.86. The number of hydrogen-bond donors (Lipinski definition) is 3. The molecule has 0 saturated carbocycles. The average Bonchev–Trinajstić information content (AvgIpc) is 3.10. The molecular weight excluding hydrogens is 330 g/mol. The lowest BCUT2D eigenvalue weighted by atomic mass is 9.92. The lowest BCUT2D eigenvalue weighted by Gasteiger charge is -2.21. The number of nitrogens with zero attached hydrogens (tertiary/aromatic N) is 2. The summed E-state index contributed by atoms with van der Waals surface area (Å²) < 4.78 is 2.43. The van der Waals surface area contributed by atoms with Gasteiger partial charge in [-0.2, -0.15) is 5.10 Å². The molecule has 0 fully saturated rings. The Morgan fingerprint density at radius 2 is 1.96 bits per heavy atom. The highest BCUT2D eigenvalue weighted by Gasteiger charge is 2.14. The van der Waals surface area contributed by atoms with Crippen LogP contribution in [0.25, 0.3) is 5.69 Å². The van der Waals surface area contributed by atoms with Crippen molar-refractivity contribution in [2.75, 3.05) is 11.9 Å². The number of benzene rings is 2. The Morgan fingerprint density at radius 3 is 2.68 bits per heavy atom. The molecule has 1 unspecified atom stereocenters. The van der Waals surface area contributed by atoms with E-state index in [0.717, 1.165) is 30.0 Å². The number of rotatable bonds is 4. The molecule has 126 valence electrons. The monoisotopic (exact) mass is 349 g/mol. The highest BCUT2D eigenvalue weighted by Crippen LogP contribution is 2.31. The number of hydrogen-bond acceptors (Lipinski definition) is 4. The first-order valence-electron chi connectivity index (χ1n) is 8.30. The van der Waals surface area contributed by atoms with Crippen LogP contribution in [0.4, 0.5) is 11.4 Å². The van der Waals surface area contributed by atoms with Crippen molar-refractivity contribution in [2.45, 2.75) is 12.3 Å². The van der Waals surface area contributed by atoms with Gasteiger partial charge in [0, 0.05) is 29.5 Å². The fourth-order valence-corrected chi connectivity index (χ4v) is 3.29. The van der Waals surface area contributed by atoms with Crippen LogP contribution in [-0.4, -0.2) is 21.3 Å². The second-order valence-corrected chi connectivity index (χ2v) is 6.39. The standard InChI is InChI=1S/C19H19N5S/c25-19-23-21-13-24(19)16-7-5-15(6-8-16)22-18-4-2-1-3-17(18)14-9-11-20-12-10-14/h1-9,11,13-14,20,22H,10,12H2,(H,23,25). The molecule has 6 heteroatoms. The molecule has 3 N–H and O–H groups in total. The van der Waals surface area contributed by atoms with Gasteiger partial charge in [-0.3, -0.25) is 9.67 Å². The van der Waals surface area contributed by atoms with Crippen LogP contribution in [0.2, 0.25) is 0 Å². The van der Waals surface area contributed by atoms with Crippen LogP contribution in [0.3, 0.4) is 0 Å². The minimum absolute atomic E-state index is 0.438. The van der Waals surface area contributed by atoms with Crippen molar-refractivity contribution in [2.24, 2.45) is 0 Å². The first-order valence-corrected chi connectivity index (χ1v) is 8.70. The minimum atomic E-state index is 0.438. The van der Waals surface area contributed by atoms with E-state index < -0.39 is 0 Å². The van der Waals surface area contributed by atoms with Crippen LogP contribution < -0.4 is 10.6 Å². The van der Waals surface area contributed by atoms with Crippen molar-refractivity contribution in [1.29, 1.82) is 0 Å². The van der Waals surface area contributed by atoms with Gasteiger partial charge in [-0.05, 0) is 60.7 Å². The number of aromatic amines is 1. The maximum Gasteiger partial charge on any atom is 0.199 e. The van der Waals surface area contributed by atoms with Gasteiger partial charge in [-0.25, -0.2) is 0 Å². The third-order valence-corrected chi connectivity index (χ3v) is 4.67. The average molecular weight is 349 g/mol. The van der Waals surface area contributed by atoms with Crippen LogP contribution in [0.5, 0.6) is 0 Å². The molecule has 0 amide bonds. The maximum absolute atomic E-state index is 5.21. The molecule has 4 rings (SSSR count). The van der Waals surface area contributed by atoms with Crippen LogP contribution in [-0.2, 0) is 0 Å². The van der Waals surface area contributed by atoms with Crippen molar-refractivity contribution >= 4 is 23.6 Å². The third kappa shape index (κ3) is 3.34. The molecule has 3 aromatic rings. The van der Waals surface area contributed by atoms with E-state index in [4.69, 9.17) is 12.2 Å². The first-order chi connectivity index (χ1) is 12.3. The van der Waals surface area contributed by atoms with E-state index in [0.29, 0.717) is 10.7 Å². The molecular formula is C19H19N5S. The molecule has 0 saturated heterocycles. The predicted octanol–water partition coefficient (Wildman–Crippen LogP) is 4.26. The molecule has 2 heterocycles. The van der Waals surface area contributed by atoms with Crippen LogP contribution in [0, 0.1) is 4.77 Å². The van der Waals surface area contributed by atoms with Gasteiger partial charge < -0.3 is 10.6 Å². The maximum atomic E-state index is 5.21. The SMILES string of the molecule is S=c1[nH]ncn1-c1ccc(Nc2ccccc2C2C=CNCC2)cc1. The number of aromatic nitrogens is 3. The summed E-state index contributed by atoms with van der Waals surface area (Å²) >= 11 is 5.21. The fraction of sp³-hybridized carbons (Fsp3) is 0.158. The van der Waals surface area contributed by atoms with E-state index in [2.05, 4.69) is 63.3 Å². The van der Waals surface area contributed by atoms with Gasteiger partial charge in [0.25, 0.3) is 0 Å². The molecule has 25 heavy (non-hydrogen) atoms. The van der Waals surface area contributed by atoms with Gasteiger partial charge in [0.2, 0.25) is 0 Å². The summed E-state index contributed by atoms with van der Waals surface area (Å²) in [5.74, 6) is 0.438. The third-order valence-electron chi connectivity index (χ3n) is 4.38. The van der Waals surface area contributed by atoms with Crippen LogP contribution >= 0.6 is 12.2 Å². The zero-order valence-corrected chi connectivity index (χ0v) is 14.5. The quantitative estimate of drug-likeness (QED) is 0.616. The number of anilines is 2. The van der Waals surface area contributed by atoms with Gasteiger partial charge in [0.1, 0.15) is 6.33 Å². The Balaban J connectivity index is 1.58. The van der Waals surface area contributed by atoms with Gasteiger partial charge >= 0.3 is 0 Å². The second-order valence-electron chi connectivity index (χ2n) is 6.00. The summed E-state index contributed by atoms with van der Waals surface area (Å²) in [6, 6.07) is 16.7. The summed E-state index contributed by atoms with van der Waals surface area (Å²) in [7, 11) is 0. The highest BCUT2D eigenvalue weighted by atomic mass is 32.1. The van der Waals surface area contributed by atoms with Crippen molar-refractivity contribution in [3.63, 3.8) is 0 Å². The van der Waals surface area contributed by atoms with Gasteiger partial charge in [0.05, 0.1) is 0 Å². The zero-order valence-electron chi connectivity index (χ0n) is 13.6. The summed E-state index contributed by atoms with van der Waals surface area (Å²) in [5, 5.41) is 13.5. The summed E-state index contributed by atoms with van der Waals surface area (Å²) in [4.78, 5) is 0. The number of nitrogens with one attached hydrogen (secondary N) is 3. The lowest BCUT2D eigenvalue weighted by molar-refractivity contribution is 0.658. The van der Waals surface area contributed by atoms with Crippen molar-refractivity contribution in [1.82, 2.24) is 20.1 Å². The largest absolute Gasteiger partial charge is 0.391 e. The summed E-state index contributed by atoms with van der Waals surface area (Å²) in [6.45, 7) is 1.01. The van der Waals surface area contributed by atoms with Crippen LogP contribution in [0.1, 0.15) is 17.9 Å². The molecule has 1 aromatic heterocycles. The topological polar surface area (TPSA) is 57.7 Å². The molecule has 0 spiro atoms. The molecule has 0 radical (unpaired) electrons. The van der Waals surface area contributed by atoms with E-state index in [1.54, 1.807) is 6.33 Å². The molecule has 0 bridgehead atoms. The Bertz CT molecular complexity index is 939. The van der Waals surface area contributed by atoms with E-state index in [9.17, 15) is 0 Å². The van der Waals surface area contributed by atoms with E-state index in [1.165, 1.54) is 5.56 Å². The van der Waals surface area contributed by atoms with E-state index >= 15 is 0 Å².